The molecule has 0 bridgehead atoms. The number of hydrogen-bond acceptors (Lipinski definition) is 10. The lowest BCUT2D eigenvalue weighted by Gasteiger charge is -2.26. The van der Waals surface area contributed by atoms with E-state index in [1.807, 2.05) is 0 Å². The molecule has 0 saturated heterocycles. The van der Waals surface area contributed by atoms with Gasteiger partial charge in [0, 0.05) is 16.2 Å². The minimum atomic E-state index is -5.96. The highest BCUT2D eigenvalue weighted by Crippen LogP contribution is 2.47. The van der Waals surface area contributed by atoms with E-state index in [-0.39, 0.29) is 10.8 Å². The van der Waals surface area contributed by atoms with Gasteiger partial charge in [0.2, 0.25) is 0 Å². The molecule has 0 saturated carbocycles. The highest BCUT2D eigenvalue weighted by Gasteiger charge is 2.31. The second-order valence-electron chi connectivity index (χ2n) is 6.19. The first-order chi connectivity index (χ1) is 13.2. The van der Waals surface area contributed by atoms with Crippen LogP contribution in [0.5, 0.6) is 5.75 Å². The van der Waals surface area contributed by atoms with Crippen LogP contribution in [0.4, 0.5) is 0 Å². The molecule has 0 aromatic heterocycles. The van der Waals surface area contributed by atoms with Crippen LogP contribution in [0.1, 0.15) is 0 Å². The Morgan fingerprint density at radius 3 is 1.72 bits per heavy atom. The van der Waals surface area contributed by atoms with Crippen LogP contribution in [0, 0.1) is 0 Å². The van der Waals surface area contributed by atoms with Crippen molar-refractivity contribution >= 4 is 62.7 Å². The van der Waals surface area contributed by atoms with E-state index in [4.69, 9.17) is 0 Å². The van der Waals surface area contributed by atoms with E-state index >= 15 is 0 Å². The van der Waals surface area contributed by atoms with Gasteiger partial charge in [0.25, 0.3) is 0 Å². The number of benzene rings is 4. The molecule has 0 spiro atoms. The zero-order valence-corrected chi connectivity index (χ0v) is 16.3. The fourth-order valence-electron chi connectivity index (χ4n) is 3.61. The van der Waals surface area contributed by atoms with Crippen LogP contribution in [0.25, 0.3) is 32.3 Å². The van der Waals surface area contributed by atoms with Gasteiger partial charge in [-0.15, -0.1) is 0 Å². The Morgan fingerprint density at radius 1 is 0.621 bits per heavy atom. The van der Waals surface area contributed by atoms with Gasteiger partial charge in [-0.3, -0.25) is 0 Å². The summed E-state index contributed by atoms with van der Waals surface area (Å²) in [6, 6.07) is 7.96. The third kappa shape index (κ3) is 2.82. The van der Waals surface area contributed by atoms with E-state index in [1.54, 1.807) is 12.1 Å². The van der Waals surface area contributed by atoms with E-state index in [1.165, 1.54) is 12.1 Å². The molecule has 29 heavy (non-hydrogen) atoms. The smallest absolute Gasteiger partial charge is 0.127 e. The molecule has 0 unspecified atom stereocenters. The molecule has 4 aromatic carbocycles. The van der Waals surface area contributed by atoms with Crippen LogP contribution >= 0.6 is 0 Å². The molecule has 0 radical (unpaired) electrons. The lowest BCUT2D eigenvalue weighted by atomic mass is 9.93. The van der Waals surface area contributed by atoms with Gasteiger partial charge in [-0.2, -0.15) is 0 Å². The van der Waals surface area contributed by atoms with Crippen molar-refractivity contribution in [3.05, 3.63) is 36.4 Å². The van der Waals surface area contributed by atoms with Crippen LogP contribution in [0.2, 0.25) is 0 Å². The lowest BCUT2D eigenvalue weighted by Crippen LogP contribution is -2.16. The zero-order chi connectivity index (χ0) is 21.5. The summed E-state index contributed by atoms with van der Waals surface area (Å²) in [7, 11) is -17.5. The van der Waals surface area contributed by atoms with Gasteiger partial charge < -0.3 is 18.8 Å². The van der Waals surface area contributed by atoms with Crippen molar-refractivity contribution in [2.45, 2.75) is 14.7 Å². The monoisotopic (exact) mass is 455 g/mol. The van der Waals surface area contributed by atoms with Crippen LogP contribution in [0.15, 0.2) is 51.1 Å². The van der Waals surface area contributed by atoms with Crippen LogP contribution in [-0.2, 0) is 30.4 Å². The first-order valence-corrected chi connectivity index (χ1v) is 11.8. The predicted octanol–water partition coefficient (Wildman–Crippen LogP) is 1.00. The third-order valence-electron chi connectivity index (χ3n) is 4.51. The van der Waals surface area contributed by atoms with Crippen LogP contribution in [-0.4, -0.2) is 44.0 Å². The Hall–Kier alpha value is -2.55. The number of hydrogen-bond donors (Lipinski definition) is 1. The summed E-state index contributed by atoms with van der Waals surface area (Å²) in [6.07, 6.45) is 0. The molecular formula is C16H7O10S3-3. The van der Waals surface area contributed by atoms with E-state index < -0.39 is 61.6 Å². The Morgan fingerprint density at radius 2 is 1.17 bits per heavy atom. The first kappa shape index (κ1) is 19.8. The van der Waals surface area contributed by atoms with Crippen molar-refractivity contribution in [1.29, 1.82) is 0 Å². The first-order valence-electron chi connectivity index (χ1n) is 7.57. The number of aromatic hydroxyl groups is 1. The van der Waals surface area contributed by atoms with Crippen LogP contribution in [0.3, 0.4) is 0 Å². The SMILES string of the molecule is O=S(=O)([O-])c1c(S(=O)(=O)[O-])c2ccc3cccc4cc(O)c(c1S(=O)(=O)[O-])c2c34. The van der Waals surface area contributed by atoms with Gasteiger partial charge in [0.05, 0.1) is 14.7 Å². The molecule has 4 aromatic rings. The minimum Gasteiger partial charge on any atom is -0.744 e. The molecule has 0 atom stereocenters. The maximum atomic E-state index is 11.9. The summed E-state index contributed by atoms with van der Waals surface area (Å²) in [5.74, 6) is -0.879. The largest absolute Gasteiger partial charge is 0.744 e. The van der Waals surface area contributed by atoms with Gasteiger partial charge in [-0.25, -0.2) is 25.3 Å². The van der Waals surface area contributed by atoms with Gasteiger partial charge in [0.15, 0.2) is 0 Å². The number of phenols is 1. The number of phenolic OH excluding ortho intramolecular Hbond substituents is 1. The van der Waals surface area contributed by atoms with Gasteiger partial charge in [0.1, 0.15) is 36.1 Å². The maximum absolute atomic E-state index is 11.9. The molecule has 10 nitrogen and oxygen atoms in total. The van der Waals surface area contributed by atoms with Gasteiger partial charge in [-0.05, 0) is 22.2 Å². The standard InChI is InChI=1S/C16H10O10S3/c17-10-6-8-3-1-2-7-4-5-9-12(11(7)8)13(10)15(28(21,22)23)16(29(24,25)26)14(9)27(18,19)20/h1-6,17H,(H,18,19,20)(H,21,22,23)(H,24,25,26)/p-3. The average molecular weight is 455 g/mol. The van der Waals surface area contributed by atoms with E-state index in [2.05, 4.69) is 0 Å². The second kappa shape index (κ2) is 5.75. The quantitative estimate of drug-likeness (QED) is 0.344. The molecule has 13 heteroatoms. The summed E-state index contributed by atoms with van der Waals surface area (Å²) < 4.78 is 107. The molecule has 0 aliphatic rings. The van der Waals surface area contributed by atoms with Crippen LogP contribution < -0.4 is 0 Å². The lowest BCUT2D eigenvalue weighted by molar-refractivity contribution is 0.437. The highest BCUT2D eigenvalue weighted by molar-refractivity contribution is 7.90. The molecule has 1 N–H and O–H groups in total. The van der Waals surface area contributed by atoms with Crippen molar-refractivity contribution < 1.29 is 44.0 Å². The molecule has 0 aliphatic carbocycles. The van der Waals surface area contributed by atoms with Gasteiger partial charge in [-0.1, -0.05) is 30.3 Å². The molecular weight excluding hydrogens is 448 g/mol. The van der Waals surface area contributed by atoms with Crippen molar-refractivity contribution in [2.75, 3.05) is 0 Å². The molecule has 152 valence electrons. The highest BCUT2D eigenvalue weighted by atomic mass is 32.2. The van der Waals surface area contributed by atoms with E-state index in [0.29, 0.717) is 10.8 Å². The van der Waals surface area contributed by atoms with Crippen molar-refractivity contribution in [3.63, 3.8) is 0 Å². The molecule has 0 heterocycles. The topological polar surface area (TPSA) is 192 Å². The average Bonchev–Trinajstić information content (AvgIpc) is 2.56. The van der Waals surface area contributed by atoms with Gasteiger partial charge >= 0.3 is 0 Å². The maximum Gasteiger partial charge on any atom is 0.127 e. The fourth-order valence-corrected chi connectivity index (χ4v) is 7.12. The van der Waals surface area contributed by atoms with Crippen molar-refractivity contribution in [2.24, 2.45) is 0 Å². The second-order valence-corrected chi connectivity index (χ2v) is 10.1. The summed E-state index contributed by atoms with van der Waals surface area (Å²) in [5.41, 5.74) is 0. The van der Waals surface area contributed by atoms with E-state index in [9.17, 15) is 44.0 Å². The molecule has 0 fully saturated rings. The molecule has 4 rings (SSSR count). The van der Waals surface area contributed by atoms with E-state index in [0.717, 1.165) is 12.1 Å². The minimum absolute atomic E-state index is 0.169. The molecule has 0 amide bonds. The predicted molar refractivity (Wildman–Crippen MR) is 95.7 cm³/mol. The Bertz CT molecular complexity index is 1670. The summed E-state index contributed by atoms with van der Waals surface area (Å²) in [5, 5.41) is 9.48. The third-order valence-corrected chi connectivity index (χ3v) is 7.51. The summed E-state index contributed by atoms with van der Waals surface area (Å²) >= 11 is 0. The fraction of sp³-hybridized carbons (Fsp3) is 0. The van der Waals surface area contributed by atoms with Crippen molar-refractivity contribution in [1.82, 2.24) is 0 Å². The Labute approximate surface area is 163 Å². The Balaban J connectivity index is 2.61. The zero-order valence-electron chi connectivity index (χ0n) is 13.8. The molecule has 0 aliphatic heterocycles. The Kier molecular flexibility index (Phi) is 3.91. The summed E-state index contributed by atoms with van der Waals surface area (Å²) in [4.78, 5) is -5.42. The number of rotatable bonds is 3. The van der Waals surface area contributed by atoms with Crippen molar-refractivity contribution in [3.8, 4) is 5.75 Å². The normalized spacial score (nSPS) is 13.6. The summed E-state index contributed by atoms with van der Waals surface area (Å²) in [6.45, 7) is 0.